The van der Waals surface area contributed by atoms with Gasteiger partial charge >= 0.3 is 0 Å². The number of piperidine rings is 1. The molecule has 0 saturated carbocycles. The lowest BCUT2D eigenvalue weighted by Crippen LogP contribution is -2.33. The first kappa shape index (κ1) is 21.9. The average molecular weight is 440 g/mol. The molecule has 0 aliphatic carbocycles. The van der Waals surface area contributed by atoms with Crippen LogP contribution in [0, 0.1) is 0 Å². The highest BCUT2D eigenvalue weighted by atomic mass is 35.5. The average Bonchev–Trinajstić information content (AvgIpc) is 2.79. The molecule has 1 saturated heterocycles. The summed E-state index contributed by atoms with van der Waals surface area (Å²) in [6.07, 6.45) is 8.48. The third-order valence-electron chi connectivity index (χ3n) is 6.13. The van der Waals surface area contributed by atoms with Crippen LogP contribution in [0.2, 0.25) is 5.02 Å². The van der Waals surface area contributed by atoms with Gasteiger partial charge in [0.15, 0.2) is 5.43 Å². The van der Waals surface area contributed by atoms with E-state index in [-0.39, 0.29) is 17.3 Å². The zero-order valence-corrected chi connectivity index (χ0v) is 18.6. The quantitative estimate of drug-likeness (QED) is 0.397. The summed E-state index contributed by atoms with van der Waals surface area (Å²) >= 11 is 6.25. The van der Waals surface area contributed by atoms with Gasteiger partial charge in [0.25, 0.3) is 5.95 Å². The maximum absolute atomic E-state index is 12.4. The summed E-state index contributed by atoms with van der Waals surface area (Å²) in [6.45, 7) is 1.60. The molecule has 0 spiro atoms. The molecule has 2 aromatic carbocycles. The van der Waals surface area contributed by atoms with E-state index >= 15 is 0 Å². The lowest BCUT2D eigenvalue weighted by Gasteiger charge is -2.24. The summed E-state index contributed by atoms with van der Waals surface area (Å²) in [5.74, 6) is 0.455. The predicted octanol–water partition coefficient (Wildman–Crippen LogP) is 6.31. The van der Waals surface area contributed by atoms with E-state index in [1.54, 1.807) is 12.1 Å². The summed E-state index contributed by atoms with van der Waals surface area (Å²) in [4.78, 5) is 12.4. The fourth-order valence-electron chi connectivity index (χ4n) is 4.39. The van der Waals surface area contributed by atoms with E-state index in [4.69, 9.17) is 20.8 Å². The second-order valence-corrected chi connectivity index (χ2v) is 8.86. The lowest BCUT2D eigenvalue weighted by molar-refractivity contribution is 0.221. The molecule has 2 atom stereocenters. The number of benzene rings is 2. The minimum absolute atomic E-state index is 0.0869. The molecule has 31 heavy (non-hydrogen) atoms. The van der Waals surface area contributed by atoms with Gasteiger partial charge < -0.3 is 14.5 Å². The van der Waals surface area contributed by atoms with Gasteiger partial charge in [0.1, 0.15) is 5.58 Å². The maximum atomic E-state index is 12.4. The molecule has 0 amide bonds. The van der Waals surface area contributed by atoms with Gasteiger partial charge in [0.05, 0.1) is 18.1 Å². The number of fused-ring (bicyclic) bond motifs is 1. The summed E-state index contributed by atoms with van der Waals surface area (Å²) in [5.41, 5.74) is 1.62. The Morgan fingerprint density at radius 1 is 1.10 bits per heavy atom. The zero-order valence-electron chi connectivity index (χ0n) is 17.8. The molecule has 3 aromatic rings. The number of hydrogen-bond donors (Lipinski definition) is 1. The molecule has 5 heteroatoms. The first-order valence-corrected chi connectivity index (χ1v) is 11.7. The first-order chi connectivity index (χ1) is 15.2. The van der Waals surface area contributed by atoms with Crippen molar-refractivity contribution >= 4 is 22.6 Å². The van der Waals surface area contributed by atoms with Crippen molar-refractivity contribution in [1.29, 1.82) is 0 Å². The fraction of sp³-hybridized carbons (Fsp3) is 0.423. The molecule has 4 nitrogen and oxygen atoms in total. The van der Waals surface area contributed by atoms with Crippen LogP contribution < -0.4 is 15.5 Å². The van der Waals surface area contributed by atoms with Gasteiger partial charge in [-0.25, -0.2) is 0 Å². The third kappa shape index (κ3) is 6.11. The van der Waals surface area contributed by atoms with Crippen LogP contribution in [-0.2, 0) is 0 Å². The summed E-state index contributed by atoms with van der Waals surface area (Å²) in [6, 6.07) is 17.3. The lowest BCUT2D eigenvalue weighted by atomic mass is 9.92. The molecule has 1 aliphatic heterocycles. The van der Waals surface area contributed by atoms with E-state index in [2.05, 4.69) is 11.4 Å². The number of hydrogen-bond acceptors (Lipinski definition) is 4. The van der Waals surface area contributed by atoms with Gasteiger partial charge in [-0.15, -0.1) is 0 Å². The van der Waals surface area contributed by atoms with Crippen molar-refractivity contribution in [1.82, 2.24) is 5.32 Å². The number of nitrogens with one attached hydrogen (secondary N) is 1. The van der Waals surface area contributed by atoms with Crippen molar-refractivity contribution in [3.05, 3.63) is 75.4 Å². The molecule has 164 valence electrons. The van der Waals surface area contributed by atoms with Crippen LogP contribution >= 0.6 is 11.6 Å². The largest absolute Gasteiger partial charge is 0.464 e. The number of ether oxygens (including phenoxy) is 1. The van der Waals surface area contributed by atoms with Crippen LogP contribution in [0.25, 0.3) is 11.0 Å². The Bertz CT molecular complexity index is 1040. The van der Waals surface area contributed by atoms with Crippen molar-refractivity contribution in [3.8, 4) is 5.95 Å². The van der Waals surface area contributed by atoms with Gasteiger partial charge in [0, 0.05) is 17.0 Å². The number of para-hydroxylation sites is 1. The normalized spacial score (nSPS) is 17.5. The van der Waals surface area contributed by atoms with E-state index < -0.39 is 0 Å². The summed E-state index contributed by atoms with van der Waals surface area (Å²) in [5, 5.41) is 4.92. The van der Waals surface area contributed by atoms with E-state index in [0.29, 0.717) is 23.6 Å². The van der Waals surface area contributed by atoms with Crippen molar-refractivity contribution < 1.29 is 9.15 Å². The van der Waals surface area contributed by atoms with Crippen LogP contribution in [0.3, 0.4) is 0 Å². The van der Waals surface area contributed by atoms with Crippen molar-refractivity contribution in [2.45, 2.75) is 56.9 Å². The second-order valence-electron chi connectivity index (χ2n) is 8.42. The monoisotopic (exact) mass is 439 g/mol. The van der Waals surface area contributed by atoms with E-state index in [9.17, 15) is 4.79 Å². The Morgan fingerprint density at radius 3 is 2.84 bits per heavy atom. The number of rotatable bonds is 9. The fourth-order valence-corrected chi connectivity index (χ4v) is 4.59. The smallest absolute Gasteiger partial charge is 0.288 e. The molecule has 2 heterocycles. The Hall–Kier alpha value is -2.30. The molecule has 0 radical (unpaired) electrons. The minimum atomic E-state index is -0.0869. The standard InChI is InChI=1S/C26H30ClNO3/c27-21-10-7-9-19(16-21)20(8-1-2-11-22-12-5-6-15-28-22)18-30-26-17-24(29)23-13-3-4-14-25(23)31-26/h3-4,7,9-10,13-14,16-17,20,22,28H,1-2,5-6,8,11-12,15,18H2. The van der Waals surface area contributed by atoms with Gasteiger partial charge in [-0.1, -0.05) is 55.1 Å². The van der Waals surface area contributed by atoms with Crippen LogP contribution in [0.5, 0.6) is 5.95 Å². The van der Waals surface area contributed by atoms with E-state index in [1.165, 1.54) is 38.2 Å². The molecule has 2 unspecified atom stereocenters. The topological polar surface area (TPSA) is 51.5 Å². The van der Waals surface area contributed by atoms with E-state index in [1.807, 2.05) is 30.3 Å². The Kier molecular flexibility index (Phi) is 7.66. The molecule has 1 N–H and O–H groups in total. The van der Waals surface area contributed by atoms with Gasteiger partial charge in [-0.3, -0.25) is 4.79 Å². The number of unbranched alkanes of at least 4 members (excludes halogenated alkanes) is 1. The molecular formula is C26H30ClNO3. The highest BCUT2D eigenvalue weighted by molar-refractivity contribution is 6.30. The summed E-state index contributed by atoms with van der Waals surface area (Å²) in [7, 11) is 0. The van der Waals surface area contributed by atoms with Crippen LogP contribution in [-0.4, -0.2) is 19.2 Å². The molecule has 1 aromatic heterocycles. The molecule has 4 rings (SSSR count). The first-order valence-electron chi connectivity index (χ1n) is 11.3. The molecule has 1 aliphatic rings. The molecular weight excluding hydrogens is 410 g/mol. The Balaban J connectivity index is 1.40. The molecule has 1 fully saturated rings. The van der Waals surface area contributed by atoms with Crippen molar-refractivity contribution in [2.75, 3.05) is 13.2 Å². The zero-order chi connectivity index (χ0) is 21.5. The van der Waals surface area contributed by atoms with Crippen molar-refractivity contribution in [2.24, 2.45) is 0 Å². The summed E-state index contributed by atoms with van der Waals surface area (Å²) < 4.78 is 11.8. The van der Waals surface area contributed by atoms with Gasteiger partial charge in [-0.05, 0) is 62.1 Å². The van der Waals surface area contributed by atoms with Crippen LogP contribution in [0.15, 0.2) is 63.8 Å². The number of halogens is 1. The minimum Gasteiger partial charge on any atom is -0.464 e. The van der Waals surface area contributed by atoms with Crippen LogP contribution in [0.1, 0.15) is 56.4 Å². The Labute approximate surface area is 188 Å². The van der Waals surface area contributed by atoms with Crippen LogP contribution in [0.4, 0.5) is 0 Å². The highest BCUT2D eigenvalue weighted by Gasteiger charge is 2.16. The SMILES string of the molecule is O=c1cc(OCC(CCCCC2CCCCN2)c2cccc(Cl)c2)oc2ccccc12. The molecule has 0 bridgehead atoms. The van der Waals surface area contributed by atoms with Gasteiger partial charge in [0.2, 0.25) is 0 Å². The van der Waals surface area contributed by atoms with Crippen molar-refractivity contribution in [3.63, 3.8) is 0 Å². The Morgan fingerprint density at radius 2 is 2.00 bits per heavy atom. The van der Waals surface area contributed by atoms with Gasteiger partial charge in [-0.2, -0.15) is 0 Å². The highest BCUT2D eigenvalue weighted by Crippen LogP contribution is 2.27. The third-order valence-corrected chi connectivity index (χ3v) is 6.36. The maximum Gasteiger partial charge on any atom is 0.288 e. The second kappa shape index (κ2) is 10.8. The van der Waals surface area contributed by atoms with E-state index in [0.717, 1.165) is 30.0 Å². The predicted molar refractivity (Wildman–Crippen MR) is 126 cm³/mol.